The molecule has 0 amide bonds. The number of hydrogen-bond acceptors (Lipinski definition) is 6. The molecule has 1 aliphatic rings. The maximum Gasteiger partial charge on any atom is 0.310 e. The van der Waals surface area contributed by atoms with Crippen LogP contribution in [0.2, 0.25) is 0 Å². The Labute approximate surface area is 163 Å². The van der Waals surface area contributed by atoms with E-state index in [0.717, 1.165) is 65.9 Å². The summed E-state index contributed by atoms with van der Waals surface area (Å²) in [5.74, 6) is 0.594. The van der Waals surface area contributed by atoms with Crippen molar-refractivity contribution in [3.05, 3.63) is 42.2 Å². The maximum atomic E-state index is 11.9. The molecule has 3 aromatic rings. The molecule has 2 heterocycles. The fourth-order valence-corrected chi connectivity index (χ4v) is 3.66. The van der Waals surface area contributed by atoms with Crippen LogP contribution >= 0.6 is 0 Å². The largest absolute Gasteiger partial charge is 0.492 e. The Kier molecular flexibility index (Phi) is 5.78. The third kappa shape index (κ3) is 3.98. The van der Waals surface area contributed by atoms with Crippen LogP contribution in [-0.4, -0.2) is 56.9 Å². The van der Waals surface area contributed by atoms with Crippen LogP contribution in [-0.2, 0) is 20.7 Å². The molecule has 4 rings (SSSR count). The van der Waals surface area contributed by atoms with Gasteiger partial charge in [-0.1, -0.05) is 12.1 Å². The number of benzene rings is 2. The summed E-state index contributed by atoms with van der Waals surface area (Å²) < 4.78 is 22.2. The van der Waals surface area contributed by atoms with Crippen LogP contribution in [0.1, 0.15) is 12.5 Å². The Balaban J connectivity index is 1.57. The molecule has 148 valence electrons. The molecule has 0 N–H and O–H groups in total. The summed E-state index contributed by atoms with van der Waals surface area (Å²) in [6.07, 6.45) is 1.84. The van der Waals surface area contributed by atoms with Crippen LogP contribution in [0.25, 0.3) is 21.7 Å². The minimum Gasteiger partial charge on any atom is -0.492 e. The average molecular weight is 383 g/mol. The van der Waals surface area contributed by atoms with Gasteiger partial charge in [-0.2, -0.15) is 0 Å². The van der Waals surface area contributed by atoms with Crippen molar-refractivity contribution in [1.82, 2.24) is 4.90 Å². The molecule has 0 spiro atoms. The maximum absolute atomic E-state index is 11.9. The van der Waals surface area contributed by atoms with Crippen molar-refractivity contribution in [1.29, 1.82) is 0 Å². The first-order chi connectivity index (χ1) is 13.8. The quantitative estimate of drug-likeness (QED) is 0.583. The van der Waals surface area contributed by atoms with Gasteiger partial charge in [-0.05, 0) is 30.5 Å². The molecule has 0 atom stereocenters. The summed E-state index contributed by atoms with van der Waals surface area (Å²) in [5, 5.41) is 2.99. The van der Waals surface area contributed by atoms with Crippen LogP contribution in [0.3, 0.4) is 0 Å². The lowest BCUT2D eigenvalue weighted by atomic mass is 10.0. The van der Waals surface area contributed by atoms with E-state index in [1.165, 1.54) is 0 Å². The summed E-state index contributed by atoms with van der Waals surface area (Å²) >= 11 is 0. The first-order valence-electron chi connectivity index (χ1n) is 9.76. The molecule has 1 fully saturated rings. The lowest BCUT2D eigenvalue weighted by Crippen LogP contribution is -2.38. The summed E-state index contributed by atoms with van der Waals surface area (Å²) in [6, 6.07) is 9.95. The second kappa shape index (κ2) is 8.63. The van der Waals surface area contributed by atoms with Crippen LogP contribution in [0.15, 0.2) is 41.0 Å². The van der Waals surface area contributed by atoms with E-state index in [-0.39, 0.29) is 12.4 Å². The lowest BCUT2D eigenvalue weighted by Gasteiger charge is -2.26. The van der Waals surface area contributed by atoms with Crippen LogP contribution in [0, 0.1) is 0 Å². The van der Waals surface area contributed by atoms with E-state index in [0.29, 0.717) is 13.2 Å². The molecule has 1 saturated heterocycles. The number of carbonyl (C=O) groups excluding carboxylic acids is 1. The van der Waals surface area contributed by atoms with E-state index < -0.39 is 0 Å². The number of esters is 1. The number of ether oxygens (including phenoxy) is 3. The van der Waals surface area contributed by atoms with Gasteiger partial charge in [-0.15, -0.1) is 0 Å². The second-order valence-electron chi connectivity index (χ2n) is 6.84. The highest BCUT2D eigenvalue weighted by atomic mass is 16.5. The van der Waals surface area contributed by atoms with Gasteiger partial charge >= 0.3 is 5.97 Å². The summed E-state index contributed by atoms with van der Waals surface area (Å²) in [6.45, 7) is 7.15. The van der Waals surface area contributed by atoms with E-state index in [9.17, 15) is 4.79 Å². The molecule has 0 unspecified atom stereocenters. The third-order valence-electron chi connectivity index (χ3n) is 5.04. The molecule has 0 radical (unpaired) electrons. The van der Waals surface area contributed by atoms with E-state index in [1.54, 1.807) is 13.2 Å². The number of fused-ring (bicyclic) bond motifs is 3. The molecule has 0 bridgehead atoms. The van der Waals surface area contributed by atoms with Crippen LogP contribution in [0.5, 0.6) is 5.75 Å². The van der Waals surface area contributed by atoms with Crippen LogP contribution in [0.4, 0.5) is 0 Å². The van der Waals surface area contributed by atoms with Crippen molar-refractivity contribution in [3.63, 3.8) is 0 Å². The molecule has 6 nitrogen and oxygen atoms in total. The molecule has 1 aromatic heterocycles. The summed E-state index contributed by atoms with van der Waals surface area (Å²) in [5.41, 5.74) is 1.60. The number of nitrogens with zero attached hydrogens (tertiary/aromatic N) is 1. The smallest absolute Gasteiger partial charge is 0.310 e. The number of furan rings is 1. The number of carbonyl (C=O) groups is 1. The van der Waals surface area contributed by atoms with Gasteiger partial charge in [0.05, 0.1) is 32.5 Å². The van der Waals surface area contributed by atoms with Gasteiger partial charge in [0.25, 0.3) is 0 Å². The predicted molar refractivity (Wildman–Crippen MR) is 107 cm³/mol. The number of hydrogen-bond donors (Lipinski definition) is 0. The standard InChI is InChI=1S/C22H25NO5/c1-2-26-21(24)14-16-15-28-20-7-6-17-18(22(16)20)4-3-5-19(17)27-13-10-23-8-11-25-12-9-23/h3-7,15H,2,8-14H2,1H3. The Morgan fingerprint density at radius 3 is 2.82 bits per heavy atom. The lowest BCUT2D eigenvalue weighted by molar-refractivity contribution is -0.142. The molecule has 28 heavy (non-hydrogen) atoms. The fraction of sp³-hybridized carbons (Fsp3) is 0.409. The van der Waals surface area contributed by atoms with Gasteiger partial charge in [-0.3, -0.25) is 9.69 Å². The zero-order valence-corrected chi connectivity index (χ0v) is 16.1. The van der Waals surface area contributed by atoms with Crippen molar-refractivity contribution >= 4 is 27.7 Å². The van der Waals surface area contributed by atoms with E-state index in [2.05, 4.69) is 4.90 Å². The van der Waals surface area contributed by atoms with Crippen molar-refractivity contribution in [2.45, 2.75) is 13.3 Å². The third-order valence-corrected chi connectivity index (χ3v) is 5.04. The first-order valence-corrected chi connectivity index (χ1v) is 9.76. The molecular formula is C22H25NO5. The predicted octanol–water partition coefficient (Wildman–Crippen LogP) is 3.40. The number of rotatable bonds is 7. The Morgan fingerprint density at radius 1 is 1.14 bits per heavy atom. The van der Waals surface area contributed by atoms with Crippen molar-refractivity contribution in [2.75, 3.05) is 46.1 Å². The van der Waals surface area contributed by atoms with E-state index in [4.69, 9.17) is 18.6 Å². The normalized spacial score (nSPS) is 15.2. The summed E-state index contributed by atoms with van der Waals surface area (Å²) in [7, 11) is 0. The monoisotopic (exact) mass is 383 g/mol. The molecule has 2 aromatic carbocycles. The zero-order chi connectivity index (χ0) is 19.3. The highest BCUT2D eigenvalue weighted by molar-refractivity contribution is 6.10. The van der Waals surface area contributed by atoms with Crippen LogP contribution < -0.4 is 4.74 Å². The van der Waals surface area contributed by atoms with Gasteiger partial charge in [0.1, 0.15) is 17.9 Å². The van der Waals surface area contributed by atoms with Gasteiger partial charge in [0.2, 0.25) is 0 Å². The van der Waals surface area contributed by atoms with E-state index >= 15 is 0 Å². The van der Waals surface area contributed by atoms with Gasteiger partial charge < -0.3 is 18.6 Å². The highest BCUT2D eigenvalue weighted by Crippen LogP contribution is 2.34. The van der Waals surface area contributed by atoms with Crippen molar-refractivity contribution < 1.29 is 23.4 Å². The zero-order valence-electron chi connectivity index (χ0n) is 16.1. The Morgan fingerprint density at radius 2 is 2.00 bits per heavy atom. The molecule has 0 aliphatic carbocycles. The fourth-order valence-electron chi connectivity index (χ4n) is 3.66. The molecular weight excluding hydrogens is 358 g/mol. The average Bonchev–Trinajstić information content (AvgIpc) is 3.12. The first kappa shape index (κ1) is 18.8. The SMILES string of the molecule is CCOC(=O)Cc1coc2ccc3c(OCCN4CCOCC4)cccc3c12. The molecule has 1 aliphatic heterocycles. The van der Waals surface area contributed by atoms with E-state index in [1.807, 2.05) is 30.3 Å². The van der Waals surface area contributed by atoms with Gasteiger partial charge in [-0.25, -0.2) is 0 Å². The van der Waals surface area contributed by atoms with Crippen molar-refractivity contribution in [3.8, 4) is 5.75 Å². The summed E-state index contributed by atoms with van der Waals surface area (Å²) in [4.78, 5) is 14.3. The minimum absolute atomic E-state index is 0.196. The highest BCUT2D eigenvalue weighted by Gasteiger charge is 2.16. The molecule has 6 heteroatoms. The topological polar surface area (TPSA) is 61.1 Å². The number of morpholine rings is 1. The second-order valence-corrected chi connectivity index (χ2v) is 6.84. The Hall–Kier alpha value is -2.57. The Bertz CT molecular complexity index is 958. The van der Waals surface area contributed by atoms with Gasteiger partial charge in [0.15, 0.2) is 0 Å². The van der Waals surface area contributed by atoms with Gasteiger partial charge in [0, 0.05) is 36.0 Å². The molecule has 0 saturated carbocycles. The van der Waals surface area contributed by atoms with Crippen molar-refractivity contribution in [2.24, 2.45) is 0 Å². The minimum atomic E-state index is -0.250.